The molecule has 4 rings (SSSR count). The summed E-state index contributed by atoms with van der Waals surface area (Å²) >= 11 is 0. The van der Waals surface area contributed by atoms with Gasteiger partial charge < -0.3 is 5.11 Å². The number of rotatable bonds is 11. The average molecular weight is 514 g/mol. The van der Waals surface area contributed by atoms with Crippen molar-refractivity contribution < 1.29 is 9.90 Å². The molecular weight excluding hydrogens is 458 g/mol. The first-order chi connectivity index (χ1) is 17.6. The molecule has 0 radical (unpaired) electrons. The minimum absolute atomic E-state index is 0.279. The standard InChI is InChI=1S/C32H55N3O2/c1-21(2)8-6-9-22(3)27-13-14-28-26-12-11-24-20-23(25(30(36)37)10-7-19-34-35-33)15-17-31(24,4)29(26)16-18-32(27,28)5/h21-29H,6-20H2,1-5H3,(H,36,37)/t22?,23?,24?,25?,26?,27?,28?,29?,31-,32+/m0/s1. The molecule has 10 atom stereocenters. The van der Waals surface area contributed by atoms with E-state index in [4.69, 9.17) is 5.53 Å². The van der Waals surface area contributed by atoms with E-state index in [1.54, 1.807) is 0 Å². The fourth-order valence-electron chi connectivity index (χ4n) is 10.7. The summed E-state index contributed by atoms with van der Waals surface area (Å²) in [5.74, 6) is 5.29. The Labute approximate surface area is 226 Å². The van der Waals surface area contributed by atoms with Gasteiger partial charge in [-0.25, -0.2) is 0 Å². The van der Waals surface area contributed by atoms with Crippen molar-refractivity contribution in [1.29, 1.82) is 0 Å². The van der Waals surface area contributed by atoms with Gasteiger partial charge in [-0.2, -0.15) is 0 Å². The zero-order valence-electron chi connectivity index (χ0n) is 24.5. The summed E-state index contributed by atoms with van der Waals surface area (Å²) < 4.78 is 0. The second-order valence-corrected chi connectivity index (χ2v) is 14.8. The Morgan fingerprint density at radius 2 is 1.68 bits per heavy atom. The van der Waals surface area contributed by atoms with Crippen molar-refractivity contribution in [2.45, 2.75) is 125 Å². The molecule has 4 fully saturated rings. The van der Waals surface area contributed by atoms with Crippen LogP contribution in [-0.2, 0) is 4.79 Å². The average Bonchev–Trinajstić information content (AvgIpc) is 3.20. The molecule has 0 heterocycles. The van der Waals surface area contributed by atoms with E-state index in [1.807, 2.05) is 0 Å². The number of hydrogen-bond donors (Lipinski definition) is 1. The lowest BCUT2D eigenvalue weighted by molar-refractivity contribution is -0.150. The molecule has 0 aromatic rings. The fourth-order valence-corrected chi connectivity index (χ4v) is 10.7. The summed E-state index contributed by atoms with van der Waals surface area (Å²) in [7, 11) is 0. The Morgan fingerprint density at radius 1 is 0.946 bits per heavy atom. The van der Waals surface area contributed by atoms with Crippen LogP contribution in [0.3, 0.4) is 0 Å². The summed E-state index contributed by atoms with van der Waals surface area (Å²) in [6.07, 6.45) is 17.3. The van der Waals surface area contributed by atoms with Crippen LogP contribution in [-0.4, -0.2) is 17.6 Å². The predicted molar refractivity (Wildman–Crippen MR) is 151 cm³/mol. The molecule has 5 nitrogen and oxygen atoms in total. The second-order valence-electron chi connectivity index (χ2n) is 14.8. The number of carbonyl (C=O) groups is 1. The number of hydrogen-bond acceptors (Lipinski definition) is 2. The van der Waals surface area contributed by atoms with Gasteiger partial charge in [0.05, 0.1) is 5.92 Å². The van der Waals surface area contributed by atoms with E-state index in [-0.39, 0.29) is 11.8 Å². The number of azide groups is 1. The lowest BCUT2D eigenvalue weighted by atomic mass is 9.43. The van der Waals surface area contributed by atoms with Gasteiger partial charge in [-0.05, 0) is 134 Å². The van der Waals surface area contributed by atoms with Gasteiger partial charge >= 0.3 is 5.97 Å². The molecule has 210 valence electrons. The zero-order chi connectivity index (χ0) is 26.8. The quantitative estimate of drug-likeness (QED) is 0.129. The second kappa shape index (κ2) is 11.9. The molecule has 0 amide bonds. The molecule has 0 aromatic carbocycles. The molecule has 0 aliphatic heterocycles. The molecule has 37 heavy (non-hydrogen) atoms. The van der Waals surface area contributed by atoms with Gasteiger partial charge in [-0.1, -0.05) is 59.0 Å². The van der Waals surface area contributed by atoms with E-state index in [2.05, 4.69) is 44.6 Å². The third-order valence-corrected chi connectivity index (χ3v) is 12.6. The number of aliphatic carboxylic acids is 1. The van der Waals surface area contributed by atoms with Crippen LogP contribution in [0.4, 0.5) is 0 Å². The summed E-state index contributed by atoms with van der Waals surface area (Å²) in [5.41, 5.74) is 9.49. The maximum atomic E-state index is 12.2. The van der Waals surface area contributed by atoms with Gasteiger partial charge in [0.1, 0.15) is 0 Å². The van der Waals surface area contributed by atoms with Crippen LogP contribution < -0.4 is 0 Å². The van der Waals surface area contributed by atoms with Crippen LogP contribution in [0.15, 0.2) is 5.11 Å². The lowest BCUT2D eigenvalue weighted by Gasteiger charge is -2.61. The van der Waals surface area contributed by atoms with Gasteiger partial charge in [-0.15, -0.1) is 0 Å². The molecule has 1 N–H and O–H groups in total. The normalized spacial score (nSPS) is 40.7. The largest absolute Gasteiger partial charge is 0.481 e. The molecule has 4 aliphatic carbocycles. The lowest BCUT2D eigenvalue weighted by Crippen LogP contribution is -2.54. The van der Waals surface area contributed by atoms with Gasteiger partial charge in [0.25, 0.3) is 0 Å². The van der Waals surface area contributed by atoms with E-state index in [0.29, 0.717) is 36.1 Å². The van der Waals surface area contributed by atoms with Crippen LogP contribution in [0.5, 0.6) is 0 Å². The molecule has 4 saturated carbocycles. The van der Waals surface area contributed by atoms with E-state index in [0.717, 1.165) is 48.3 Å². The van der Waals surface area contributed by atoms with Crippen molar-refractivity contribution >= 4 is 5.97 Å². The maximum absolute atomic E-state index is 12.2. The fraction of sp³-hybridized carbons (Fsp3) is 0.969. The van der Waals surface area contributed by atoms with Crippen LogP contribution in [0.25, 0.3) is 10.4 Å². The van der Waals surface area contributed by atoms with Crippen LogP contribution in [0.1, 0.15) is 125 Å². The summed E-state index contributed by atoms with van der Waals surface area (Å²) in [4.78, 5) is 15.0. The van der Waals surface area contributed by atoms with E-state index in [1.165, 1.54) is 64.2 Å². The maximum Gasteiger partial charge on any atom is 0.306 e. The van der Waals surface area contributed by atoms with E-state index >= 15 is 0 Å². The Morgan fingerprint density at radius 3 is 2.38 bits per heavy atom. The number of carboxylic acid groups (broad SMARTS) is 1. The highest BCUT2D eigenvalue weighted by Gasteiger charge is 2.60. The predicted octanol–water partition coefficient (Wildman–Crippen LogP) is 9.52. The third-order valence-electron chi connectivity index (χ3n) is 12.6. The SMILES string of the molecule is CC(C)CCCC(C)C1CCC2C3CCC4CC(C(CCCN=[N+]=[N-])C(=O)O)CC[C@]4(C)C3CC[C@]12C. The van der Waals surface area contributed by atoms with Crippen molar-refractivity contribution in [3.63, 3.8) is 0 Å². The topological polar surface area (TPSA) is 86.1 Å². The number of nitrogens with zero attached hydrogens (tertiary/aromatic N) is 3. The molecule has 4 aliphatic rings. The minimum Gasteiger partial charge on any atom is -0.481 e. The Hall–Kier alpha value is -1.22. The highest BCUT2D eigenvalue weighted by Crippen LogP contribution is 2.69. The molecule has 0 saturated heterocycles. The zero-order valence-corrected chi connectivity index (χ0v) is 24.5. The first-order valence-electron chi connectivity index (χ1n) is 15.9. The molecule has 0 spiro atoms. The van der Waals surface area contributed by atoms with Crippen LogP contribution >= 0.6 is 0 Å². The van der Waals surface area contributed by atoms with Crippen molar-refractivity contribution in [1.82, 2.24) is 0 Å². The van der Waals surface area contributed by atoms with Gasteiger partial charge in [0, 0.05) is 11.5 Å². The van der Waals surface area contributed by atoms with E-state index < -0.39 is 5.97 Å². The van der Waals surface area contributed by atoms with Crippen LogP contribution in [0, 0.1) is 64.1 Å². The van der Waals surface area contributed by atoms with Crippen molar-refractivity contribution in [2.75, 3.05) is 6.54 Å². The molecule has 5 heteroatoms. The molecular formula is C32H55N3O2. The summed E-state index contributed by atoms with van der Waals surface area (Å²) in [5, 5.41) is 13.6. The first-order valence-corrected chi connectivity index (χ1v) is 15.9. The smallest absolute Gasteiger partial charge is 0.306 e. The summed E-state index contributed by atoms with van der Waals surface area (Å²) in [6, 6.07) is 0. The Kier molecular flexibility index (Phi) is 9.25. The monoisotopic (exact) mass is 513 g/mol. The van der Waals surface area contributed by atoms with Gasteiger partial charge in [-0.3, -0.25) is 4.79 Å². The van der Waals surface area contributed by atoms with Gasteiger partial charge in [0.2, 0.25) is 0 Å². The number of fused-ring (bicyclic) bond motifs is 5. The molecule has 8 unspecified atom stereocenters. The van der Waals surface area contributed by atoms with E-state index in [9.17, 15) is 9.90 Å². The van der Waals surface area contributed by atoms with Crippen molar-refractivity contribution in [3.8, 4) is 0 Å². The Balaban J connectivity index is 1.40. The summed E-state index contributed by atoms with van der Waals surface area (Å²) in [6.45, 7) is 13.0. The highest BCUT2D eigenvalue weighted by atomic mass is 16.4. The van der Waals surface area contributed by atoms with Crippen LogP contribution in [0.2, 0.25) is 0 Å². The first kappa shape index (κ1) is 28.8. The van der Waals surface area contributed by atoms with Crippen molar-refractivity contribution in [2.24, 2.45) is 69.2 Å². The number of carboxylic acids is 1. The Bertz CT molecular complexity index is 838. The molecule has 0 bridgehead atoms. The highest BCUT2D eigenvalue weighted by molar-refractivity contribution is 5.70. The van der Waals surface area contributed by atoms with Gasteiger partial charge in [0.15, 0.2) is 0 Å². The minimum atomic E-state index is -0.642. The molecule has 0 aromatic heterocycles. The van der Waals surface area contributed by atoms with Crippen molar-refractivity contribution in [3.05, 3.63) is 10.4 Å². The third kappa shape index (κ3) is 5.73.